The monoisotopic (exact) mass is 394 g/mol. The second-order valence-corrected chi connectivity index (χ2v) is 8.23. The second kappa shape index (κ2) is 8.71. The zero-order valence-corrected chi connectivity index (χ0v) is 18.0. The molecule has 3 aromatic rings. The van der Waals surface area contributed by atoms with Gasteiger partial charge in [0.05, 0.1) is 0 Å². The molecule has 0 aliphatic heterocycles. The first-order chi connectivity index (χ1) is 14.6. The van der Waals surface area contributed by atoms with E-state index < -0.39 is 0 Å². The van der Waals surface area contributed by atoms with Gasteiger partial charge in [0.1, 0.15) is 5.82 Å². The van der Waals surface area contributed by atoms with Gasteiger partial charge in [-0.25, -0.2) is 4.98 Å². The van der Waals surface area contributed by atoms with Gasteiger partial charge in [-0.2, -0.15) is 0 Å². The summed E-state index contributed by atoms with van der Waals surface area (Å²) < 4.78 is 0. The molecule has 0 spiro atoms. The van der Waals surface area contributed by atoms with Crippen LogP contribution < -0.4 is 5.32 Å². The average Bonchev–Trinajstić information content (AvgIpc) is 3.57. The number of pyridine rings is 1. The van der Waals surface area contributed by atoms with E-state index in [0.717, 1.165) is 18.7 Å². The molecule has 4 rings (SSSR count). The molecule has 0 saturated heterocycles. The lowest BCUT2D eigenvalue weighted by Crippen LogP contribution is -2.18. The summed E-state index contributed by atoms with van der Waals surface area (Å²) in [4.78, 5) is 4.72. The standard InChI is InChI=1S/C28H30N2/c1-4-8-26(28(17-18-28)25-14-11-21(3)12-15-25)30-27-16-13-22(20-29-27)19-24-10-7-6-9-23(24)5-2/h5-16,20H,2,4,17-19H2,1,3H3,(H,29,30). The number of nitrogens with one attached hydrogen (secondary N) is 1. The number of benzene rings is 2. The maximum absolute atomic E-state index is 4.72. The molecule has 1 fully saturated rings. The first-order valence-electron chi connectivity index (χ1n) is 10.8. The van der Waals surface area contributed by atoms with Crippen molar-refractivity contribution in [2.24, 2.45) is 0 Å². The van der Waals surface area contributed by atoms with Crippen LogP contribution in [0.25, 0.3) is 6.08 Å². The predicted molar refractivity (Wildman–Crippen MR) is 128 cm³/mol. The molecule has 2 heteroatoms. The van der Waals surface area contributed by atoms with E-state index in [1.54, 1.807) is 0 Å². The zero-order chi connectivity index (χ0) is 21.0. The lowest BCUT2D eigenvalue weighted by Gasteiger charge is -2.22. The number of aromatic nitrogens is 1. The van der Waals surface area contributed by atoms with Crippen LogP contribution in [0.4, 0.5) is 5.82 Å². The molecule has 2 nitrogen and oxygen atoms in total. The highest BCUT2D eigenvalue weighted by Crippen LogP contribution is 2.53. The van der Waals surface area contributed by atoms with Crippen molar-refractivity contribution in [2.45, 2.75) is 44.9 Å². The molecule has 2 aromatic carbocycles. The van der Waals surface area contributed by atoms with Crippen molar-refractivity contribution in [2.75, 3.05) is 5.32 Å². The summed E-state index contributed by atoms with van der Waals surface area (Å²) in [6.07, 6.45) is 10.5. The maximum Gasteiger partial charge on any atom is 0.130 e. The third kappa shape index (κ3) is 4.23. The number of rotatable bonds is 8. The molecule has 30 heavy (non-hydrogen) atoms. The third-order valence-corrected chi connectivity index (χ3v) is 6.04. The molecule has 1 aromatic heterocycles. The summed E-state index contributed by atoms with van der Waals surface area (Å²) >= 11 is 0. The highest BCUT2D eigenvalue weighted by Gasteiger charge is 2.47. The Morgan fingerprint density at radius 3 is 2.47 bits per heavy atom. The lowest BCUT2D eigenvalue weighted by molar-refractivity contribution is 0.814. The fourth-order valence-corrected chi connectivity index (χ4v) is 4.14. The van der Waals surface area contributed by atoms with Crippen LogP contribution in [-0.4, -0.2) is 4.98 Å². The Labute approximate surface area is 180 Å². The summed E-state index contributed by atoms with van der Waals surface area (Å²) in [5.41, 5.74) is 7.77. The Bertz CT molecular complexity index is 1040. The minimum Gasteiger partial charge on any atom is -0.343 e. The molecule has 0 amide bonds. The summed E-state index contributed by atoms with van der Waals surface area (Å²) in [5, 5.41) is 3.64. The Balaban J connectivity index is 1.52. The summed E-state index contributed by atoms with van der Waals surface area (Å²) in [7, 11) is 0. The van der Waals surface area contributed by atoms with Crippen LogP contribution in [0.1, 0.15) is 54.0 Å². The van der Waals surface area contributed by atoms with Crippen molar-refractivity contribution in [3.63, 3.8) is 0 Å². The van der Waals surface area contributed by atoms with Crippen LogP contribution in [0.3, 0.4) is 0 Å². The van der Waals surface area contributed by atoms with Gasteiger partial charge in [-0.15, -0.1) is 0 Å². The fraction of sp³-hybridized carbons (Fsp3) is 0.250. The van der Waals surface area contributed by atoms with Crippen LogP contribution in [-0.2, 0) is 11.8 Å². The van der Waals surface area contributed by atoms with Gasteiger partial charge in [-0.05, 0) is 60.9 Å². The molecular weight excluding hydrogens is 364 g/mol. The normalized spacial score (nSPS) is 14.9. The largest absolute Gasteiger partial charge is 0.343 e. The number of allylic oxidation sites excluding steroid dienone is 2. The van der Waals surface area contributed by atoms with Crippen molar-refractivity contribution in [3.8, 4) is 0 Å². The van der Waals surface area contributed by atoms with Crippen LogP contribution in [0.15, 0.2) is 85.2 Å². The zero-order valence-electron chi connectivity index (χ0n) is 18.0. The molecule has 0 bridgehead atoms. The van der Waals surface area contributed by atoms with E-state index in [2.05, 4.69) is 92.5 Å². The molecule has 152 valence electrons. The Morgan fingerprint density at radius 2 is 1.83 bits per heavy atom. The van der Waals surface area contributed by atoms with Gasteiger partial charge in [-0.3, -0.25) is 0 Å². The van der Waals surface area contributed by atoms with E-state index >= 15 is 0 Å². The molecule has 0 unspecified atom stereocenters. The summed E-state index contributed by atoms with van der Waals surface area (Å²) in [6, 6.07) is 21.6. The van der Waals surface area contributed by atoms with Crippen molar-refractivity contribution >= 4 is 11.9 Å². The minimum absolute atomic E-state index is 0.118. The summed E-state index contributed by atoms with van der Waals surface area (Å²) in [5.74, 6) is 0.911. The maximum atomic E-state index is 4.72. The van der Waals surface area contributed by atoms with E-state index in [9.17, 15) is 0 Å². The van der Waals surface area contributed by atoms with Crippen LogP contribution in [0.5, 0.6) is 0 Å². The fourth-order valence-electron chi connectivity index (χ4n) is 4.14. The van der Waals surface area contributed by atoms with Gasteiger partial charge < -0.3 is 5.32 Å². The smallest absolute Gasteiger partial charge is 0.130 e. The minimum atomic E-state index is 0.118. The van der Waals surface area contributed by atoms with E-state index in [4.69, 9.17) is 4.98 Å². The molecule has 1 heterocycles. The van der Waals surface area contributed by atoms with Gasteiger partial charge in [0, 0.05) is 17.3 Å². The third-order valence-electron chi connectivity index (χ3n) is 6.04. The van der Waals surface area contributed by atoms with Gasteiger partial charge in [-0.1, -0.05) is 85.8 Å². The number of hydrogen-bond acceptors (Lipinski definition) is 2. The van der Waals surface area contributed by atoms with E-state index in [0.29, 0.717) is 0 Å². The molecule has 0 atom stereocenters. The molecular formula is C28H30N2. The van der Waals surface area contributed by atoms with Crippen molar-refractivity contribution < 1.29 is 0 Å². The Kier molecular flexibility index (Phi) is 5.85. The van der Waals surface area contributed by atoms with Crippen molar-refractivity contribution in [3.05, 3.63) is 113 Å². The highest BCUT2D eigenvalue weighted by atomic mass is 15.0. The van der Waals surface area contributed by atoms with Crippen LogP contribution >= 0.6 is 0 Å². The molecule has 1 aliphatic carbocycles. The van der Waals surface area contributed by atoms with Gasteiger partial charge >= 0.3 is 0 Å². The first kappa shape index (κ1) is 20.2. The number of aryl methyl sites for hydroxylation is 1. The summed E-state index contributed by atoms with van der Waals surface area (Å²) in [6.45, 7) is 8.26. The lowest BCUT2D eigenvalue weighted by atomic mass is 9.91. The second-order valence-electron chi connectivity index (χ2n) is 8.23. The van der Waals surface area contributed by atoms with E-state index in [1.807, 2.05) is 12.3 Å². The van der Waals surface area contributed by atoms with E-state index in [-0.39, 0.29) is 5.41 Å². The topological polar surface area (TPSA) is 24.9 Å². The molecule has 0 radical (unpaired) electrons. The van der Waals surface area contributed by atoms with Gasteiger partial charge in [0.2, 0.25) is 0 Å². The highest BCUT2D eigenvalue weighted by molar-refractivity contribution is 5.54. The van der Waals surface area contributed by atoms with Crippen molar-refractivity contribution in [1.82, 2.24) is 4.98 Å². The average molecular weight is 395 g/mol. The number of anilines is 1. The molecule has 1 saturated carbocycles. The van der Waals surface area contributed by atoms with Gasteiger partial charge in [0.25, 0.3) is 0 Å². The Morgan fingerprint density at radius 1 is 1.07 bits per heavy atom. The Hall–Kier alpha value is -3.13. The number of hydrogen-bond donors (Lipinski definition) is 1. The first-order valence-corrected chi connectivity index (χ1v) is 10.8. The quantitative estimate of drug-likeness (QED) is 0.442. The number of nitrogens with zero attached hydrogens (tertiary/aromatic N) is 1. The predicted octanol–water partition coefficient (Wildman–Crippen LogP) is 7.06. The molecule has 1 N–H and O–H groups in total. The van der Waals surface area contributed by atoms with Crippen molar-refractivity contribution in [1.29, 1.82) is 0 Å². The van der Waals surface area contributed by atoms with Crippen LogP contribution in [0.2, 0.25) is 0 Å². The molecule has 1 aliphatic rings. The van der Waals surface area contributed by atoms with Gasteiger partial charge in [0.15, 0.2) is 0 Å². The van der Waals surface area contributed by atoms with Crippen LogP contribution in [0, 0.1) is 6.92 Å². The SMILES string of the molecule is C=Cc1ccccc1Cc1ccc(NC(=CCC)C2(c3ccc(C)cc3)CC2)nc1. The van der Waals surface area contributed by atoms with E-state index in [1.165, 1.54) is 46.4 Å².